The van der Waals surface area contributed by atoms with E-state index < -0.39 is 0 Å². The summed E-state index contributed by atoms with van der Waals surface area (Å²) < 4.78 is 5.83. The van der Waals surface area contributed by atoms with Crippen LogP contribution in [0.25, 0.3) is 11.0 Å². The van der Waals surface area contributed by atoms with E-state index in [9.17, 15) is 0 Å². The van der Waals surface area contributed by atoms with Gasteiger partial charge >= 0.3 is 0 Å². The Bertz CT molecular complexity index is 739. The van der Waals surface area contributed by atoms with Crippen molar-refractivity contribution in [1.29, 1.82) is 0 Å². The van der Waals surface area contributed by atoms with Gasteiger partial charge in [0.2, 0.25) is 0 Å². The van der Waals surface area contributed by atoms with E-state index in [1.165, 1.54) is 16.7 Å². The number of nitrogens with one attached hydrogen (secondary N) is 1. The van der Waals surface area contributed by atoms with E-state index in [0.717, 1.165) is 22.6 Å². The van der Waals surface area contributed by atoms with Crippen molar-refractivity contribution < 1.29 is 4.74 Å². The first kappa shape index (κ1) is 12.7. The molecule has 0 bridgehead atoms. The summed E-state index contributed by atoms with van der Waals surface area (Å²) in [6, 6.07) is 12.4. The van der Waals surface area contributed by atoms with Crippen LogP contribution < -0.4 is 4.74 Å². The normalized spacial score (nSPS) is 10.9. The largest absolute Gasteiger partial charge is 0.486 e. The monoisotopic (exact) mass is 266 g/mol. The third kappa shape index (κ3) is 2.52. The Morgan fingerprint density at radius 3 is 2.50 bits per heavy atom. The highest BCUT2D eigenvalue weighted by atomic mass is 16.5. The van der Waals surface area contributed by atoms with Gasteiger partial charge in [0.15, 0.2) is 0 Å². The topological polar surface area (TPSA) is 37.9 Å². The van der Waals surface area contributed by atoms with Crippen LogP contribution >= 0.6 is 0 Å². The maximum absolute atomic E-state index is 5.83. The number of rotatable bonds is 3. The summed E-state index contributed by atoms with van der Waals surface area (Å²) in [5, 5.41) is 0. The average molecular weight is 266 g/mol. The second kappa shape index (κ2) is 5.00. The molecule has 0 atom stereocenters. The number of imidazole rings is 1. The number of hydrogen-bond donors (Lipinski definition) is 1. The molecule has 0 saturated carbocycles. The van der Waals surface area contributed by atoms with E-state index in [2.05, 4.69) is 42.9 Å². The fraction of sp³-hybridized carbons (Fsp3) is 0.235. The average Bonchev–Trinajstić information content (AvgIpc) is 2.80. The van der Waals surface area contributed by atoms with Crippen LogP contribution in [-0.2, 0) is 6.61 Å². The lowest BCUT2D eigenvalue weighted by molar-refractivity contribution is 0.297. The summed E-state index contributed by atoms with van der Waals surface area (Å²) in [6.07, 6.45) is 0. The van der Waals surface area contributed by atoms with Crippen molar-refractivity contribution in [3.63, 3.8) is 0 Å². The van der Waals surface area contributed by atoms with Gasteiger partial charge in [-0.25, -0.2) is 4.98 Å². The Labute approximate surface area is 118 Å². The number of fused-ring (bicyclic) bond motifs is 1. The minimum Gasteiger partial charge on any atom is -0.486 e. The van der Waals surface area contributed by atoms with Crippen LogP contribution in [0.4, 0.5) is 0 Å². The third-order valence-corrected chi connectivity index (χ3v) is 3.33. The Hall–Kier alpha value is -2.29. The molecule has 3 heteroatoms. The van der Waals surface area contributed by atoms with E-state index in [0.29, 0.717) is 6.61 Å². The summed E-state index contributed by atoms with van der Waals surface area (Å²) in [5.74, 6) is 1.74. The van der Waals surface area contributed by atoms with Crippen LogP contribution in [0.5, 0.6) is 5.75 Å². The lowest BCUT2D eigenvalue weighted by atomic mass is 10.1. The first-order chi connectivity index (χ1) is 9.61. The fourth-order valence-electron chi connectivity index (χ4n) is 2.46. The van der Waals surface area contributed by atoms with Gasteiger partial charge in [-0.1, -0.05) is 18.2 Å². The Morgan fingerprint density at radius 2 is 1.80 bits per heavy atom. The standard InChI is InChI=1S/C17H18N2O/c1-11-7-12(2)9-14(8-11)20-10-16-18-15-6-4-5-13(3)17(15)19-16/h4-9H,10H2,1-3H3,(H,18,19). The molecular weight excluding hydrogens is 248 g/mol. The zero-order valence-corrected chi connectivity index (χ0v) is 12.0. The van der Waals surface area contributed by atoms with Gasteiger partial charge in [0.05, 0.1) is 11.0 Å². The first-order valence-corrected chi connectivity index (χ1v) is 6.77. The molecule has 0 aliphatic carbocycles. The summed E-state index contributed by atoms with van der Waals surface area (Å²) in [6.45, 7) is 6.67. The molecule has 1 aromatic heterocycles. The number of H-pyrrole nitrogens is 1. The van der Waals surface area contributed by atoms with Gasteiger partial charge in [-0.3, -0.25) is 0 Å². The number of aromatic nitrogens is 2. The summed E-state index contributed by atoms with van der Waals surface area (Å²) in [5.41, 5.74) is 5.67. The Morgan fingerprint density at radius 1 is 1.05 bits per heavy atom. The molecule has 1 heterocycles. The number of hydrogen-bond acceptors (Lipinski definition) is 2. The smallest absolute Gasteiger partial charge is 0.146 e. The fourth-order valence-corrected chi connectivity index (χ4v) is 2.46. The molecule has 0 amide bonds. The highest BCUT2D eigenvalue weighted by molar-refractivity contribution is 5.78. The molecule has 1 N–H and O–H groups in total. The maximum Gasteiger partial charge on any atom is 0.146 e. The molecule has 20 heavy (non-hydrogen) atoms. The maximum atomic E-state index is 5.83. The molecule has 0 aliphatic rings. The van der Waals surface area contributed by atoms with Gasteiger partial charge in [0, 0.05) is 0 Å². The van der Waals surface area contributed by atoms with Crippen LogP contribution in [0.1, 0.15) is 22.5 Å². The van der Waals surface area contributed by atoms with Gasteiger partial charge in [-0.05, 0) is 55.7 Å². The number of benzene rings is 2. The van der Waals surface area contributed by atoms with Crippen molar-refractivity contribution in [2.24, 2.45) is 0 Å². The lowest BCUT2D eigenvalue weighted by Crippen LogP contribution is -1.98. The predicted octanol–water partition coefficient (Wildman–Crippen LogP) is 4.07. The van der Waals surface area contributed by atoms with Crippen molar-refractivity contribution in [3.05, 3.63) is 58.9 Å². The summed E-state index contributed by atoms with van der Waals surface area (Å²) >= 11 is 0. The Balaban J connectivity index is 1.81. The molecule has 0 aliphatic heterocycles. The zero-order valence-electron chi connectivity index (χ0n) is 12.0. The van der Waals surface area contributed by atoms with Crippen molar-refractivity contribution >= 4 is 11.0 Å². The second-order valence-electron chi connectivity index (χ2n) is 5.27. The molecule has 0 spiro atoms. The molecule has 102 valence electrons. The highest BCUT2D eigenvalue weighted by Crippen LogP contribution is 2.19. The number of nitrogens with zero attached hydrogens (tertiary/aromatic N) is 1. The van der Waals surface area contributed by atoms with Crippen LogP contribution in [-0.4, -0.2) is 9.97 Å². The number of ether oxygens (including phenoxy) is 1. The minimum absolute atomic E-state index is 0.455. The van der Waals surface area contributed by atoms with Gasteiger partial charge < -0.3 is 9.72 Å². The number of aromatic amines is 1. The van der Waals surface area contributed by atoms with Crippen molar-refractivity contribution in [3.8, 4) is 5.75 Å². The van der Waals surface area contributed by atoms with Crippen LogP contribution in [0, 0.1) is 20.8 Å². The van der Waals surface area contributed by atoms with E-state index in [1.807, 2.05) is 24.3 Å². The number of aryl methyl sites for hydroxylation is 3. The molecule has 3 nitrogen and oxygen atoms in total. The van der Waals surface area contributed by atoms with Crippen molar-refractivity contribution in [1.82, 2.24) is 9.97 Å². The quantitative estimate of drug-likeness (QED) is 0.776. The second-order valence-corrected chi connectivity index (χ2v) is 5.27. The van der Waals surface area contributed by atoms with Crippen molar-refractivity contribution in [2.75, 3.05) is 0 Å². The molecule has 0 unspecified atom stereocenters. The van der Waals surface area contributed by atoms with Crippen LogP contribution in [0.15, 0.2) is 36.4 Å². The van der Waals surface area contributed by atoms with Gasteiger partial charge in [-0.2, -0.15) is 0 Å². The zero-order chi connectivity index (χ0) is 14.1. The first-order valence-electron chi connectivity index (χ1n) is 6.77. The minimum atomic E-state index is 0.455. The Kier molecular flexibility index (Phi) is 3.18. The van der Waals surface area contributed by atoms with Gasteiger partial charge in [-0.15, -0.1) is 0 Å². The summed E-state index contributed by atoms with van der Waals surface area (Å²) in [4.78, 5) is 7.89. The number of para-hydroxylation sites is 1. The molecule has 0 radical (unpaired) electrons. The lowest BCUT2D eigenvalue weighted by Gasteiger charge is -2.06. The molecular formula is C17H18N2O. The third-order valence-electron chi connectivity index (χ3n) is 3.33. The highest BCUT2D eigenvalue weighted by Gasteiger charge is 2.05. The van der Waals surface area contributed by atoms with Gasteiger partial charge in [0.25, 0.3) is 0 Å². The molecule has 3 rings (SSSR count). The molecule has 3 aromatic rings. The summed E-state index contributed by atoms with van der Waals surface area (Å²) in [7, 11) is 0. The molecule has 0 saturated heterocycles. The van der Waals surface area contributed by atoms with Crippen LogP contribution in [0.2, 0.25) is 0 Å². The predicted molar refractivity (Wildman–Crippen MR) is 81.1 cm³/mol. The SMILES string of the molecule is Cc1cc(C)cc(OCc2nc3c(C)cccc3[nH]2)c1. The van der Waals surface area contributed by atoms with E-state index in [4.69, 9.17) is 4.74 Å². The van der Waals surface area contributed by atoms with E-state index in [1.54, 1.807) is 0 Å². The van der Waals surface area contributed by atoms with E-state index >= 15 is 0 Å². The van der Waals surface area contributed by atoms with Crippen molar-refractivity contribution in [2.45, 2.75) is 27.4 Å². The molecule has 0 fully saturated rings. The van der Waals surface area contributed by atoms with Gasteiger partial charge in [0.1, 0.15) is 18.2 Å². The van der Waals surface area contributed by atoms with Crippen LogP contribution in [0.3, 0.4) is 0 Å². The molecule has 2 aromatic carbocycles. The van der Waals surface area contributed by atoms with E-state index in [-0.39, 0.29) is 0 Å².